The third kappa shape index (κ3) is 3.09. The Morgan fingerprint density at radius 2 is 2.43 bits per heavy atom. The van der Waals surface area contributed by atoms with E-state index < -0.39 is 0 Å². The van der Waals surface area contributed by atoms with Gasteiger partial charge < -0.3 is 4.74 Å². The standard InChI is InChI=1S/C10H15N3O/c1-9(2)13-8-10(7-12-13)14-6-4-3-5-11/h7-9H,3-4,6H2,1-2H3. The zero-order valence-electron chi connectivity index (χ0n) is 8.60. The van der Waals surface area contributed by atoms with Crippen LogP contribution in [0.2, 0.25) is 0 Å². The number of ether oxygens (including phenoxy) is 1. The van der Waals surface area contributed by atoms with Gasteiger partial charge in [-0.25, -0.2) is 0 Å². The van der Waals surface area contributed by atoms with Crippen molar-refractivity contribution in [1.29, 1.82) is 5.26 Å². The first-order chi connectivity index (χ1) is 6.74. The molecule has 0 radical (unpaired) electrons. The molecule has 0 fully saturated rings. The fourth-order valence-electron chi connectivity index (χ4n) is 1.02. The Morgan fingerprint density at radius 1 is 1.64 bits per heavy atom. The van der Waals surface area contributed by atoms with Crippen molar-refractivity contribution in [3.05, 3.63) is 12.4 Å². The first-order valence-electron chi connectivity index (χ1n) is 4.78. The van der Waals surface area contributed by atoms with E-state index in [4.69, 9.17) is 10.00 Å². The second kappa shape index (κ2) is 5.28. The largest absolute Gasteiger partial charge is 0.490 e. The van der Waals surface area contributed by atoms with Gasteiger partial charge in [-0.15, -0.1) is 0 Å². The van der Waals surface area contributed by atoms with Gasteiger partial charge in [-0.05, 0) is 20.3 Å². The Kier molecular flexibility index (Phi) is 3.99. The average molecular weight is 193 g/mol. The zero-order valence-corrected chi connectivity index (χ0v) is 8.60. The maximum atomic E-state index is 8.32. The van der Waals surface area contributed by atoms with E-state index in [2.05, 4.69) is 25.0 Å². The summed E-state index contributed by atoms with van der Waals surface area (Å²) in [7, 11) is 0. The third-order valence-electron chi connectivity index (χ3n) is 1.81. The van der Waals surface area contributed by atoms with Crippen molar-refractivity contribution in [2.24, 2.45) is 0 Å². The number of nitrogens with zero attached hydrogens (tertiary/aromatic N) is 3. The van der Waals surface area contributed by atoms with Gasteiger partial charge in [0, 0.05) is 12.5 Å². The molecule has 0 aromatic carbocycles. The van der Waals surface area contributed by atoms with Gasteiger partial charge in [0.15, 0.2) is 5.75 Å². The number of nitriles is 1. The molecule has 4 heteroatoms. The lowest BCUT2D eigenvalue weighted by Crippen LogP contribution is -2.00. The molecule has 0 saturated heterocycles. The molecule has 1 heterocycles. The van der Waals surface area contributed by atoms with Crippen LogP contribution in [0.5, 0.6) is 5.75 Å². The summed E-state index contributed by atoms with van der Waals surface area (Å²) in [5.74, 6) is 0.775. The van der Waals surface area contributed by atoms with E-state index in [0.717, 1.165) is 12.2 Å². The summed E-state index contributed by atoms with van der Waals surface area (Å²) in [6, 6.07) is 2.43. The molecule has 0 aliphatic rings. The van der Waals surface area contributed by atoms with Crippen molar-refractivity contribution in [3.63, 3.8) is 0 Å². The van der Waals surface area contributed by atoms with Gasteiger partial charge >= 0.3 is 0 Å². The molecular formula is C10H15N3O. The van der Waals surface area contributed by atoms with Crippen LogP contribution >= 0.6 is 0 Å². The molecule has 76 valence electrons. The Morgan fingerprint density at radius 3 is 3.00 bits per heavy atom. The van der Waals surface area contributed by atoms with Crippen LogP contribution in [0.1, 0.15) is 32.7 Å². The lowest BCUT2D eigenvalue weighted by atomic mass is 10.3. The topological polar surface area (TPSA) is 50.8 Å². The summed E-state index contributed by atoms with van der Waals surface area (Å²) in [6.07, 6.45) is 4.88. The number of unbranched alkanes of at least 4 members (excludes halogenated alkanes) is 1. The van der Waals surface area contributed by atoms with Crippen LogP contribution < -0.4 is 4.74 Å². The fourth-order valence-corrected chi connectivity index (χ4v) is 1.02. The molecule has 0 saturated carbocycles. The third-order valence-corrected chi connectivity index (χ3v) is 1.81. The van der Waals surface area contributed by atoms with Crippen molar-refractivity contribution in [2.45, 2.75) is 32.7 Å². The monoisotopic (exact) mass is 193 g/mol. The molecule has 0 bridgehead atoms. The molecule has 0 aliphatic carbocycles. The molecule has 0 aliphatic heterocycles. The molecular weight excluding hydrogens is 178 g/mol. The van der Waals surface area contributed by atoms with E-state index in [-0.39, 0.29) is 0 Å². The highest BCUT2D eigenvalue weighted by atomic mass is 16.5. The predicted molar refractivity (Wildman–Crippen MR) is 53.0 cm³/mol. The number of hydrogen-bond donors (Lipinski definition) is 0. The summed E-state index contributed by atoms with van der Waals surface area (Å²) in [5, 5.41) is 12.5. The van der Waals surface area contributed by atoms with Crippen LogP contribution in [-0.4, -0.2) is 16.4 Å². The molecule has 1 aromatic heterocycles. The van der Waals surface area contributed by atoms with Crippen LogP contribution in [0.25, 0.3) is 0 Å². The van der Waals surface area contributed by atoms with E-state index in [1.165, 1.54) is 0 Å². The van der Waals surface area contributed by atoms with Gasteiger partial charge in [-0.2, -0.15) is 10.4 Å². The van der Waals surface area contributed by atoms with Gasteiger partial charge in [0.25, 0.3) is 0 Å². The smallest absolute Gasteiger partial charge is 0.157 e. The highest BCUT2D eigenvalue weighted by Gasteiger charge is 2.01. The van der Waals surface area contributed by atoms with Crippen molar-refractivity contribution in [2.75, 3.05) is 6.61 Å². The van der Waals surface area contributed by atoms with E-state index in [9.17, 15) is 0 Å². The van der Waals surface area contributed by atoms with Gasteiger partial charge in [0.2, 0.25) is 0 Å². The number of rotatable bonds is 5. The Labute approximate surface area is 84.1 Å². The summed E-state index contributed by atoms with van der Waals surface area (Å²) in [4.78, 5) is 0. The van der Waals surface area contributed by atoms with Crippen LogP contribution in [0, 0.1) is 11.3 Å². The molecule has 1 rings (SSSR count). The molecule has 0 atom stereocenters. The molecule has 4 nitrogen and oxygen atoms in total. The lowest BCUT2D eigenvalue weighted by molar-refractivity contribution is 0.312. The molecule has 0 unspecified atom stereocenters. The summed E-state index contributed by atoms with van der Waals surface area (Å²) < 4.78 is 7.25. The van der Waals surface area contributed by atoms with Crippen LogP contribution in [0.15, 0.2) is 12.4 Å². The van der Waals surface area contributed by atoms with Crippen LogP contribution in [0.3, 0.4) is 0 Å². The predicted octanol–water partition coefficient (Wildman–Crippen LogP) is 2.15. The van der Waals surface area contributed by atoms with Gasteiger partial charge in [-0.1, -0.05) is 0 Å². The molecule has 0 amide bonds. The number of hydrogen-bond acceptors (Lipinski definition) is 3. The van der Waals surface area contributed by atoms with Crippen molar-refractivity contribution < 1.29 is 4.74 Å². The summed E-state index contributed by atoms with van der Waals surface area (Å²) >= 11 is 0. The van der Waals surface area contributed by atoms with Gasteiger partial charge in [0.05, 0.1) is 25.1 Å². The highest BCUT2D eigenvalue weighted by Crippen LogP contribution is 2.12. The average Bonchev–Trinajstić information content (AvgIpc) is 2.61. The van der Waals surface area contributed by atoms with Crippen molar-refractivity contribution in [3.8, 4) is 11.8 Å². The quantitative estimate of drug-likeness (QED) is 0.673. The molecule has 14 heavy (non-hydrogen) atoms. The maximum Gasteiger partial charge on any atom is 0.157 e. The van der Waals surface area contributed by atoms with E-state index in [1.807, 2.05) is 10.9 Å². The summed E-state index contributed by atoms with van der Waals surface area (Å²) in [6.45, 7) is 4.70. The van der Waals surface area contributed by atoms with Gasteiger partial charge in [-0.3, -0.25) is 4.68 Å². The minimum atomic E-state index is 0.353. The van der Waals surface area contributed by atoms with Gasteiger partial charge in [0.1, 0.15) is 0 Å². The zero-order chi connectivity index (χ0) is 10.4. The second-order valence-electron chi connectivity index (χ2n) is 3.36. The Hall–Kier alpha value is -1.50. The highest BCUT2D eigenvalue weighted by molar-refractivity contribution is 5.11. The van der Waals surface area contributed by atoms with E-state index >= 15 is 0 Å². The minimum Gasteiger partial charge on any atom is -0.490 e. The molecule has 0 spiro atoms. The van der Waals surface area contributed by atoms with Crippen molar-refractivity contribution in [1.82, 2.24) is 9.78 Å². The molecule has 0 N–H and O–H groups in total. The first-order valence-corrected chi connectivity index (χ1v) is 4.78. The van der Waals surface area contributed by atoms with E-state index in [0.29, 0.717) is 19.1 Å². The SMILES string of the molecule is CC(C)n1cc(OCCCC#N)cn1. The minimum absolute atomic E-state index is 0.353. The van der Waals surface area contributed by atoms with Crippen molar-refractivity contribution >= 4 is 0 Å². The first kappa shape index (κ1) is 10.6. The van der Waals surface area contributed by atoms with Crippen LogP contribution in [0.4, 0.5) is 0 Å². The Balaban J connectivity index is 2.33. The van der Waals surface area contributed by atoms with E-state index in [1.54, 1.807) is 6.20 Å². The number of aromatic nitrogens is 2. The normalized spacial score (nSPS) is 10.1. The maximum absolute atomic E-state index is 8.32. The Bertz CT molecular complexity index is 311. The van der Waals surface area contributed by atoms with Crippen LogP contribution in [-0.2, 0) is 0 Å². The lowest BCUT2D eigenvalue weighted by Gasteiger charge is -2.03. The second-order valence-corrected chi connectivity index (χ2v) is 3.36. The molecule has 1 aromatic rings. The summed E-state index contributed by atoms with van der Waals surface area (Å²) in [5.41, 5.74) is 0. The fraction of sp³-hybridized carbons (Fsp3) is 0.600.